The lowest BCUT2D eigenvalue weighted by atomic mass is 10.1. The molecule has 0 aliphatic carbocycles. The molecule has 1 aromatic carbocycles. The molecule has 0 fully saturated rings. The number of carbonyl (C=O) groups excluding carboxylic acids is 1. The van der Waals surface area contributed by atoms with E-state index in [4.69, 9.17) is 11.6 Å². The summed E-state index contributed by atoms with van der Waals surface area (Å²) in [4.78, 5) is 24.6. The van der Waals surface area contributed by atoms with Crippen LogP contribution in [-0.2, 0) is 20.0 Å². The Morgan fingerprint density at radius 3 is 2.56 bits per heavy atom. The molecular formula is C20H19ClFN3O2. The highest BCUT2D eigenvalue weighted by Crippen LogP contribution is 2.21. The number of nitrogens with zero attached hydrogens (tertiary/aromatic N) is 3. The largest absolute Gasteiger partial charge is 0.344 e. The number of carbonyl (C=O) groups is 1. The topological polar surface area (TPSA) is 56.9 Å². The van der Waals surface area contributed by atoms with Gasteiger partial charge in [-0.3, -0.25) is 9.59 Å². The Kier molecular flexibility index (Phi) is 5.56. The molecule has 7 heteroatoms. The standard InChI is InChI=1S/C20H19ClFN3O2/c1-13-11-17(12-16-7-8-18(26)25(23-16)10-9-22)24(2)19(13)20(27)14-3-5-15(21)6-4-14/h3-8,11H,9-10,12H2,1-2H3. The summed E-state index contributed by atoms with van der Waals surface area (Å²) in [6.07, 6.45) is 0.428. The van der Waals surface area contributed by atoms with Gasteiger partial charge in [0.1, 0.15) is 6.67 Å². The second-order valence-electron chi connectivity index (χ2n) is 6.31. The minimum absolute atomic E-state index is 0.0703. The van der Waals surface area contributed by atoms with Crippen LogP contribution in [0.4, 0.5) is 4.39 Å². The van der Waals surface area contributed by atoms with Crippen LogP contribution >= 0.6 is 11.6 Å². The molecule has 0 radical (unpaired) electrons. The molecule has 3 aromatic rings. The van der Waals surface area contributed by atoms with E-state index in [1.54, 1.807) is 30.3 Å². The van der Waals surface area contributed by atoms with E-state index >= 15 is 0 Å². The highest BCUT2D eigenvalue weighted by atomic mass is 35.5. The maximum Gasteiger partial charge on any atom is 0.266 e. The fourth-order valence-corrected chi connectivity index (χ4v) is 3.20. The van der Waals surface area contributed by atoms with Crippen molar-refractivity contribution in [3.05, 3.63) is 86.0 Å². The second-order valence-corrected chi connectivity index (χ2v) is 6.75. The number of halogens is 2. The number of aryl methyl sites for hydroxylation is 2. The van der Waals surface area contributed by atoms with Crippen molar-refractivity contribution in [2.75, 3.05) is 6.67 Å². The summed E-state index contributed by atoms with van der Waals surface area (Å²) in [5, 5.41) is 4.78. The Morgan fingerprint density at radius 1 is 1.19 bits per heavy atom. The van der Waals surface area contributed by atoms with E-state index in [1.807, 2.05) is 24.6 Å². The summed E-state index contributed by atoms with van der Waals surface area (Å²) in [6, 6.07) is 11.7. The summed E-state index contributed by atoms with van der Waals surface area (Å²) in [5.74, 6) is -0.0896. The first-order valence-corrected chi connectivity index (χ1v) is 8.87. The molecule has 2 heterocycles. The van der Waals surface area contributed by atoms with Gasteiger partial charge >= 0.3 is 0 Å². The number of benzene rings is 1. The molecule has 0 aliphatic heterocycles. The van der Waals surface area contributed by atoms with Gasteiger partial charge in [0.05, 0.1) is 17.9 Å². The number of alkyl halides is 1. The summed E-state index contributed by atoms with van der Waals surface area (Å²) >= 11 is 5.89. The lowest BCUT2D eigenvalue weighted by Gasteiger charge is -2.09. The average molecular weight is 388 g/mol. The Morgan fingerprint density at radius 2 is 1.89 bits per heavy atom. The van der Waals surface area contributed by atoms with Crippen molar-refractivity contribution in [1.82, 2.24) is 14.3 Å². The molecule has 0 spiro atoms. The number of ketones is 1. The van der Waals surface area contributed by atoms with Crippen molar-refractivity contribution in [3.8, 4) is 0 Å². The van der Waals surface area contributed by atoms with Crippen LogP contribution in [0.25, 0.3) is 0 Å². The van der Waals surface area contributed by atoms with E-state index in [0.717, 1.165) is 15.9 Å². The molecule has 0 saturated heterocycles. The Balaban J connectivity index is 1.92. The van der Waals surface area contributed by atoms with E-state index in [0.29, 0.717) is 28.4 Å². The fraction of sp³-hybridized carbons (Fsp3) is 0.250. The third kappa shape index (κ3) is 4.01. The maximum atomic E-state index is 12.9. The van der Waals surface area contributed by atoms with Crippen LogP contribution in [0.2, 0.25) is 5.02 Å². The molecule has 27 heavy (non-hydrogen) atoms. The van der Waals surface area contributed by atoms with Gasteiger partial charge in [0.25, 0.3) is 5.56 Å². The normalized spacial score (nSPS) is 11.0. The molecule has 0 bridgehead atoms. The van der Waals surface area contributed by atoms with Crippen LogP contribution in [0.5, 0.6) is 0 Å². The lowest BCUT2D eigenvalue weighted by molar-refractivity contribution is 0.103. The maximum absolute atomic E-state index is 12.9. The molecule has 0 atom stereocenters. The lowest BCUT2D eigenvalue weighted by Crippen LogP contribution is -2.24. The molecular weight excluding hydrogens is 369 g/mol. The summed E-state index contributed by atoms with van der Waals surface area (Å²) < 4.78 is 15.5. The predicted molar refractivity (Wildman–Crippen MR) is 102 cm³/mol. The van der Waals surface area contributed by atoms with Crippen LogP contribution in [0, 0.1) is 6.92 Å². The van der Waals surface area contributed by atoms with Gasteiger partial charge in [0.15, 0.2) is 0 Å². The van der Waals surface area contributed by atoms with Gasteiger partial charge in [-0.25, -0.2) is 9.07 Å². The molecule has 0 aliphatic rings. The van der Waals surface area contributed by atoms with Crippen LogP contribution in [0.1, 0.15) is 33.0 Å². The van der Waals surface area contributed by atoms with Gasteiger partial charge in [0, 0.05) is 35.8 Å². The van der Waals surface area contributed by atoms with E-state index in [9.17, 15) is 14.0 Å². The number of aromatic nitrogens is 3. The van der Waals surface area contributed by atoms with Crippen molar-refractivity contribution >= 4 is 17.4 Å². The van der Waals surface area contributed by atoms with E-state index in [1.165, 1.54) is 6.07 Å². The minimum Gasteiger partial charge on any atom is -0.344 e. The zero-order valence-electron chi connectivity index (χ0n) is 15.1. The summed E-state index contributed by atoms with van der Waals surface area (Å²) in [6.45, 7) is 1.16. The zero-order chi connectivity index (χ0) is 19.6. The van der Waals surface area contributed by atoms with Crippen molar-refractivity contribution in [1.29, 1.82) is 0 Å². The Bertz CT molecular complexity index is 1040. The van der Waals surface area contributed by atoms with Crippen molar-refractivity contribution in [3.63, 3.8) is 0 Å². The Labute approximate surface area is 161 Å². The zero-order valence-corrected chi connectivity index (χ0v) is 15.8. The van der Waals surface area contributed by atoms with E-state index in [-0.39, 0.29) is 17.9 Å². The summed E-state index contributed by atoms with van der Waals surface area (Å²) in [5.41, 5.74) is 3.17. The van der Waals surface area contributed by atoms with Crippen LogP contribution in [-0.4, -0.2) is 26.8 Å². The van der Waals surface area contributed by atoms with Gasteiger partial charge in [-0.1, -0.05) is 11.6 Å². The molecule has 0 saturated carbocycles. The van der Waals surface area contributed by atoms with E-state index in [2.05, 4.69) is 5.10 Å². The third-order valence-electron chi connectivity index (χ3n) is 4.42. The molecule has 140 valence electrons. The van der Waals surface area contributed by atoms with E-state index < -0.39 is 6.67 Å². The highest BCUT2D eigenvalue weighted by Gasteiger charge is 2.19. The first kappa shape index (κ1) is 19.0. The smallest absolute Gasteiger partial charge is 0.266 e. The molecule has 0 amide bonds. The molecule has 3 rings (SSSR count). The quantitative estimate of drug-likeness (QED) is 0.609. The number of rotatable bonds is 6. The van der Waals surface area contributed by atoms with Crippen molar-refractivity contribution < 1.29 is 9.18 Å². The van der Waals surface area contributed by atoms with Gasteiger partial charge in [-0.05, 0) is 48.9 Å². The van der Waals surface area contributed by atoms with Crippen LogP contribution in [0.3, 0.4) is 0 Å². The summed E-state index contributed by atoms with van der Waals surface area (Å²) in [7, 11) is 1.82. The monoisotopic (exact) mass is 387 g/mol. The number of hydrogen-bond acceptors (Lipinski definition) is 3. The highest BCUT2D eigenvalue weighted by molar-refractivity contribution is 6.30. The average Bonchev–Trinajstić information content (AvgIpc) is 2.91. The first-order chi connectivity index (χ1) is 12.9. The molecule has 5 nitrogen and oxygen atoms in total. The third-order valence-corrected chi connectivity index (χ3v) is 4.68. The van der Waals surface area contributed by atoms with Gasteiger partial charge in [-0.15, -0.1) is 0 Å². The Hall–Kier alpha value is -2.73. The van der Waals surface area contributed by atoms with Crippen molar-refractivity contribution in [2.24, 2.45) is 7.05 Å². The first-order valence-electron chi connectivity index (χ1n) is 8.49. The molecule has 0 unspecified atom stereocenters. The minimum atomic E-state index is -0.653. The second kappa shape index (κ2) is 7.88. The van der Waals surface area contributed by atoms with Gasteiger partial charge in [-0.2, -0.15) is 5.10 Å². The predicted octanol–water partition coefficient (Wildman–Crippen LogP) is 3.33. The number of hydrogen-bond donors (Lipinski definition) is 0. The van der Waals surface area contributed by atoms with Crippen molar-refractivity contribution in [2.45, 2.75) is 19.9 Å². The van der Waals surface area contributed by atoms with Gasteiger partial charge in [0.2, 0.25) is 5.78 Å². The SMILES string of the molecule is Cc1cc(Cc2ccc(=O)n(CCF)n2)n(C)c1C(=O)c1ccc(Cl)cc1. The molecule has 0 N–H and O–H groups in total. The van der Waals surface area contributed by atoms with Crippen LogP contribution < -0.4 is 5.56 Å². The molecule has 2 aromatic heterocycles. The van der Waals surface area contributed by atoms with Gasteiger partial charge < -0.3 is 4.57 Å². The fourth-order valence-electron chi connectivity index (χ4n) is 3.07. The van der Waals surface area contributed by atoms with Crippen LogP contribution in [0.15, 0.2) is 47.3 Å².